The predicted molar refractivity (Wildman–Crippen MR) is 85.5 cm³/mol. The van der Waals surface area contributed by atoms with E-state index in [1.165, 1.54) is 13.5 Å². The lowest BCUT2D eigenvalue weighted by atomic mass is 9.78. The Kier molecular flexibility index (Phi) is 5.23. The van der Waals surface area contributed by atoms with Crippen molar-refractivity contribution >= 4 is 11.7 Å². The molecule has 0 aliphatic heterocycles. The molecule has 1 aromatic rings. The van der Waals surface area contributed by atoms with E-state index in [4.69, 9.17) is 10.5 Å². The Morgan fingerprint density at radius 2 is 2.10 bits per heavy atom. The van der Waals surface area contributed by atoms with Crippen LogP contribution in [0.15, 0.2) is 24.3 Å². The van der Waals surface area contributed by atoms with E-state index in [9.17, 15) is 4.79 Å². The third-order valence-corrected chi connectivity index (χ3v) is 4.71. The van der Waals surface area contributed by atoms with Crippen LogP contribution in [0.1, 0.15) is 36.5 Å². The number of hydrogen-bond acceptors (Lipinski definition) is 4. The monoisotopic (exact) mass is 290 g/mol. The van der Waals surface area contributed by atoms with Crippen LogP contribution in [0, 0.1) is 11.8 Å². The van der Waals surface area contributed by atoms with Crippen molar-refractivity contribution < 1.29 is 9.53 Å². The summed E-state index contributed by atoms with van der Waals surface area (Å²) in [6.07, 6.45) is 3.52. The summed E-state index contributed by atoms with van der Waals surface area (Å²) in [7, 11) is 3.48. The maximum Gasteiger partial charge on any atom is 0.339 e. The molecular weight excluding hydrogens is 264 g/mol. The van der Waals surface area contributed by atoms with E-state index in [2.05, 4.69) is 18.9 Å². The molecule has 4 nitrogen and oxygen atoms in total. The summed E-state index contributed by atoms with van der Waals surface area (Å²) in [6, 6.07) is 8.01. The van der Waals surface area contributed by atoms with Gasteiger partial charge < -0.3 is 15.4 Å². The number of nitrogens with zero attached hydrogens (tertiary/aromatic N) is 1. The van der Waals surface area contributed by atoms with Crippen LogP contribution in [0.3, 0.4) is 0 Å². The van der Waals surface area contributed by atoms with Crippen molar-refractivity contribution in [1.29, 1.82) is 0 Å². The maximum absolute atomic E-state index is 12.0. The molecule has 0 bridgehead atoms. The first kappa shape index (κ1) is 15.8. The highest BCUT2D eigenvalue weighted by Gasteiger charge is 2.32. The molecule has 0 spiro atoms. The van der Waals surface area contributed by atoms with Gasteiger partial charge in [0, 0.05) is 13.1 Å². The summed E-state index contributed by atoms with van der Waals surface area (Å²) in [5, 5.41) is 0. The van der Waals surface area contributed by atoms with Crippen LogP contribution < -0.4 is 10.6 Å². The molecule has 116 valence electrons. The number of benzene rings is 1. The van der Waals surface area contributed by atoms with E-state index in [-0.39, 0.29) is 5.97 Å². The molecule has 2 rings (SSSR count). The lowest BCUT2D eigenvalue weighted by molar-refractivity contribution is 0.0601. The van der Waals surface area contributed by atoms with E-state index in [1.54, 1.807) is 0 Å². The zero-order valence-electron chi connectivity index (χ0n) is 13.2. The van der Waals surface area contributed by atoms with Gasteiger partial charge in [-0.15, -0.1) is 0 Å². The molecule has 0 aromatic heterocycles. The van der Waals surface area contributed by atoms with Crippen molar-refractivity contribution in [1.82, 2.24) is 0 Å². The maximum atomic E-state index is 12.0. The number of para-hydroxylation sites is 1. The number of nitrogens with two attached hydrogens (primary N) is 1. The minimum Gasteiger partial charge on any atom is -0.465 e. The number of rotatable bonds is 4. The van der Waals surface area contributed by atoms with Gasteiger partial charge in [0.05, 0.1) is 18.4 Å². The highest BCUT2D eigenvalue weighted by molar-refractivity contribution is 5.95. The second-order valence-electron chi connectivity index (χ2n) is 6.10. The fourth-order valence-electron chi connectivity index (χ4n) is 3.41. The molecule has 2 N–H and O–H groups in total. The van der Waals surface area contributed by atoms with Gasteiger partial charge in [-0.25, -0.2) is 4.79 Å². The Balaban J connectivity index is 2.30. The van der Waals surface area contributed by atoms with Crippen molar-refractivity contribution in [2.45, 2.75) is 32.2 Å². The largest absolute Gasteiger partial charge is 0.465 e. The van der Waals surface area contributed by atoms with Gasteiger partial charge >= 0.3 is 5.97 Å². The lowest BCUT2D eigenvalue weighted by Gasteiger charge is -2.41. The standard InChI is InChI=1S/C17H26N2O2/c1-12-8-9-13(11-18)16(10-12)19(2)15-7-5-4-6-14(15)17(20)21-3/h4-7,12-13,16H,8-11,18H2,1-3H3. The van der Waals surface area contributed by atoms with Crippen LogP contribution in [0.4, 0.5) is 5.69 Å². The van der Waals surface area contributed by atoms with Crippen LogP contribution in [-0.4, -0.2) is 32.7 Å². The van der Waals surface area contributed by atoms with Gasteiger partial charge in [0.1, 0.15) is 0 Å². The van der Waals surface area contributed by atoms with Gasteiger partial charge in [0.15, 0.2) is 0 Å². The smallest absolute Gasteiger partial charge is 0.339 e. The number of carbonyl (C=O) groups is 1. The van der Waals surface area contributed by atoms with Crippen LogP contribution in [0.2, 0.25) is 0 Å². The Morgan fingerprint density at radius 1 is 1.38 bits per heavy atom. The van der Waals surface area contributed by atoms with Crippen LogP contribution >= 0.6 is 0 Å². The zero-order chi connectivity index (χ0) is 15.4. The fourth-order valence-corrected chi connectivity index (χ4v) is 3.41. The number of carbonyl (C=O) groups excluding carboxylic acids is 1. The zero-order valence-corrected chi connectivity index (χ0v) is 13.2. The van der Waals surface area contributed by atoms with Crippen LogP contribution in [-0.2, 0) is 4.74 Å². The van der Waals surface area contributed by atoms with E-state index in [0.29, 0.717) is 30.0 Å². The highest BCUT2D eigenvalue weighted by Crippen LogP contribution is 2.34. The normalized spacial score (nSPS) is 25.4. The topological polar surface area (TPSA) is 55.6 Å². The quantitative estimate of drug-likeness (QED) is 0.866. The summed E-state index contributed by atoms with van der Waals surface area (Å²) < 4.78 is 4.90. The Hall–Kier alpha value is -1.55. The molecule has 3 unspecified atom stereocenters. The molecule has 1 aromatic carbocycles. The van der Waals surface area contributed by atoms with E-state index >= 15 is 0 Å². The van der Waals surface area contributed by atoms with E-state index in [0.717, 1.165) is 18.5 Å². The Labute approximate surface area is 127 Å². The first-order valence-electron chi connectivity index (χ1n) is 7.68. The number of hydrogen-bond donors (Lipinski definition) is 1. The molecule has 0 heterocycles. The van der Waals surface area contributed by atoms with Gasteiger partial charge in [0.2, 0.25) is 0 Å². The van der Waals surface area contributed by atoms with Gasteiger partial charge in [-0.3, -0.25) is 0 Å². The molecule has 3 atom stereocenters. The second kappa shape index (κ2) is 6.94. The Morgan fingerprint density at radius 3 is 2.76 bits per heavy atom. The Bertz CT molecular complexity index is 489. The number of ether oxygens (including phenoxy) is 1. The number of esters is 1. The first-order chi connectivity index (χ1) is 10.1. The van der Waals surface area contributed by atoms with Gasteiger partial charge in [-0.05, 0) is 43.4 Å². The second-order valence-corrected chi connectivity index (χ2v) is 6.10. The van der Waals surface area contributed by atoms with Crippen molar-refractivity contribution in [3.05, 3.63) is 29.8 Å². The van der Waals surface area contributed by atoms with E-state index in [1.807, 2.05) is 24.3 Å². The van der Waals surface area contributed by atoms with Crippen LogP contribution in [0.5, 0.6) is 0 Å². The summed E-state index contributed by atoms with van der Waals surface area (Å²) in [4.78, 5) is 14.2. The van der Waals surface area contributed by atoms with Crippen molar-refractivity contribution in [2.24, 2.45) is 17.6 Å². The average molecular weight is 290 g/mol. The summed E-state index contributed by atoms with van der Waals surface area (Å²) in [6.45, 7) is 2.99. The molecule has 1 aliphatic rings. The van der Waals surface area contributed by atoms with Gasteiger partial charge in [0.25, 0.3) is 0 Å². The van der Waals surface area contributed by atoms with E-state index < -0.39 is 0 Å². The van der Waals surface area contributed by atoms with Crippen molar-refractivity contribution in [3.8, 4) is 0 Å². The highest BCUT2D eigenvalue weighted by atomic mass is 16.5. The third-order valence-electron chi connectivity index (χ3n) is 4.71. The molecule has 0 amide bonds. The fraction of sp³-hybridized carbons (Fsp3) is 0.588. The molecule has 1 fully saturated rings. The first-order valence-corrected chi connectivity index (χ1v) is 7.68. The van der Waals surface area contributed by atoms with Crippen molar-refractivity contribution in [2.75, 3.05) is 25.6 Å². The third kappa shape index (κ3) is 3.38. The minimum absolute atomic E-state index is 0.286. The number of anilines is 1. The molecular formula is C17H26N2O2. The summed E-state index contributed by atoms with van der Waals surface area (Å²) in [5.74, 6) is 0.896. The number of methoxy groups -OCH3 is 1. The molecule has 4 heteroatoms. The minimum atomic E-state index is -0.286. The SMILES string of the molecule is COC(=O)c1ccccc1N(C)C1CC(C)CCC1CN. The summed E-state index contributed by atoms with van der Waals surface area (Å²) >= 11 is 0. The van der Waals surface area contributed by atoms with Gasteiger partial charge in [-0.2, -0.15) is 0 Å². The average Bonchev–Trinajstić information content (AvgIpc) is 2.53. The van der Waals surface area contributed by atoms with Gasteiger partial charge in [-0.1, -0.05) is 25.5 Å². The predicted octanol–water partition coefficient (Wildman–Crippen LogP) is 2.67. The van der Waals surface area contributed by atoms with Crippen LogP contribution in [0.25, 0.3) is 0 Å². The molecule has 21 heavy (non-hydrogen) atoms. The van der Waals surface area contributed by atoms with Crippen molar-refractivity contribution in [3.63, 3.8) is 0 Å². The lowest BCUT2D eigenvalue weighted by Crippen LogP contribution is -2.45. The molecule has 1 saturated carbocycles. The molecule has 0 saturated heterocycles. The molecule has 1 aliphatic carbocycles. The molecule has 0 radical (unpaired) electrons. The summed E-state index contributed by atoms with van der Waals surface area (Å²) in [5.41, 5.74) is 7.51.